The van der Waals surface area contributed by atoms with Crippen molar-refractivity contribution < 1.29 is 29.9 Å². The molecule has 4 atom stereocenters. The second-order valence-corrected chi connectivity index (χ2v) is 4.46. The van der Waals surface area contributed by atoms with E-state index in [0.29, 0.717) is 5.52 Å². The Morgan fingerprint density at radius 2 is 1.85 bits per heavy atom. The molecule has 0 fully saturated rings. The summed E-state index contributed by atoms with van der Waals surface area (Å²) in [7, 11) is 0. The van der Waals surface area contributed by atoms with Crippen LogP contribution in [0.2, 0.25) is 0 Å². The lowest BCUT2D eigenvalue weighted by Gasteiger charge is -2.24. The zero-order valence-electron chi connectivity index (χ0n) is 10.3. The quantitative estimate of drug-likeness (QED) is 0.410. The van der Waals surface area contributed by atoms with Gasteiger partial charge in [0.1, 0.15) is 36.1 Å². The summed E-state index contributed by atoms with van der Waals surface area (Å²) < 4.78 is 13.0. The normalized spacial score (nSPS) is 17.9. The van der Waals surface area contributed by atoms with Gasteiger partial charge in [0, 0.05) is 6.07 Å². The van der Waals surface area contributed by atoms with Crippen LogP contribution < -0.4 is 0 Å². The Labute approximate surface area is 113 Å². The number of aliphatic hydroxyl groups excluding tert-OH is 5. The fraction of sp³-hybridized carbons (Fsp3) is 0.417. The Morgan fingerprint density at radius 1 is 1.15 bits per heavy atom. The van der Waals surface area contributed by atoms with Crippen molar-refractivity contribution in [2.75, 3.05) is 6.61 Å². The van der Waals surface area contributed by atoms with E-state index in [1.165, 1.54) is 12.1 Å². The van der Waals surface area contributed by atoms with E-state index in [1.54, 1.807) is 0 Å². The predicted molar refractivity (Wildman–Crippen MR) is 66.1 cm³/mol. The molecule has 0 spiro atoms. The van der Waals surface area contributed by atoms with Crippen LogP contribution in [0.4, 0.5) is 4.39 Å². The lowest BCUT2D eigenvalue weighted by atomic mass is 10.0. The number of aromatic nitrogens is 2. The van der Waals surface area contributed by atoms with Crippen LogP contribution in [0.15, 0.2) is 18.2 Å². The topological polar surface area (TPSA) is 130 Å². The van der Waals surface area contributed by atoms with Crippen LogP contribution in [-0.2, 0) is 0 Å². The fourth-order valence-electron chi connectivity index (χ4n) is 1.82. The number of aromatic amines is 1. The molecule has 1 aromatic carbocycles. The Bertz CT molecular complexity index is 590. The van der Waals surface area contributed by atoms with E-state index in [1.807, 2.05) is 0 Å². The Hall–Kier alpha value is -1.58. The second-order valence-electron chi connectivity index (χ2n) is 4.46. The van der Waals surface area contributed by atoms with E-state index in [4.69, 9.17) is 5.11 Å². The third-order valence-electron chi connectivity index (χ3n) is 3.00. The number of halogens is 1. The molecule has 2 rings (SSSR count). The highest BCUT2D eigenvalue weighted by Crippen LogP contribution is 2.21. The van der Waals surface area contributed by atoms with Crippen LogP contribution in [0.1, 0.15) is 11.9 Å². The largest absolute Gasteiger partial charge is 0.394 e. The van der Waals surface area contributed by atoms with Crippen LogP contribution in [0.3, 0.4) is 0 Å². The highest BCUT2D eigenvalue weighted by Gasteiger charge is 2.32. The van der Waals surface area contributed by atoms with E-state index in [0.717, 1.165) is 6.07 Å². The summed E-state index contributed by atoms with van der Waals surface area (Å²) in [5.74, 6) is -0.580. The highest BCUT2D eigenvalue weighted by atomic mass is 19.1. The zero-order valence-corrected chi connectivity index (χ0v) is 10.3. The third-order valence-corrected chi connectivity index (χ3v) is 3.00. The van der Waals surface area contributed by atoms with Crippen molar-refractivity contribution in [2.45, 2.75) is 24.4 Å². The molecule has 0 aliphatic heterocycles. The van der Waals surface area contributed by atoms with Crippen molar-refractivity contribution in [2.24, 2.45) is 0 Å². The lowest BCUT2D eigenvalue weighted by Crippen LogP contribution is -2.42. The first-order valence-corrected chi connectivity index (χ1v) is 5.92. The summed E-state index contributed by atoms with van der Waals surface area (Å²) in [4.78, 5) is 6.57. The van der Waals surface area contributed by atoms with Gasteiger partial charge in [-0.1, -0.05) is 0 Å². The van der Waals surface area contributed by atoms with E-state index >= 15 is 0 Å². The van der Waals surface area contributed by atoms with Gasteiger partial charge in [-0.3, -0.25) is 0 Å². The monoisotopic (exact) mass is 286 g/mol. The zero-order chi connectivity index (χ0) is 14.9. The maximum absolute atomic E-state index is 13.0. The molecule has 7 nitrogen and oxygen atoms in total. The van der Waals surface area contributed by atoms with Crippen LogP contribution in [0.25, 0.3) is 11.0 Å². The number of benzene rings is 1. The molecule has 0 bridgehead atoms. The summed E-state index contributed by atoms with van der Waals surface area (Å²) >= 11 is 0. The number of H-pyrrole nitrogens is 1. The molecule has 20 heavy (non-hydrogen) atoms. The van der Waals surface area contributed by atoms with Gasteiger partial charge in [-0.05, 0) is 12.1 Å². The molecule has 1 heterocycles. The van der Waals surface area contributed by atoms with Gasteiger partial charge in [-0.15, -0.1) is 0 Å². The maximum atomic E-state index is 13.0. The second kappa shape index (κ2) is 5.81. The summed E-state index contributed by atoms with van der Waals surface area (Å²) in [5, 5.41) is 47.0. The molecule has 8 heteroatoms. The molecule has 0 saturated heterocycles. The summed E-state index contributed by atoms with van der Waals surface area (Å²) in [6, 6.07) is 3.77. The maximum Gasteiger partial charge on any atom is 0.140 e. The predicted octanol–water partition coefficient (Wildman–Crippen LogP) is -1.19. The Balaban J connectivity index is 2.24. The molecule has 0 amide bonds. The number of imidazole rings is 1. The molecule has 6 N–H and O–H groups in total. The van der Waals surface area contributed by atoms with E-state index in [9.17, 15) is 24.8 Å². The molecule has 0 radical (unpaired) electrons. The SMILES string of the molecule is OC[C@@H](O)[C@H](O)[C@H](O)[C@@H](O)c1nc2cc(F)ccc2[nH]1. The van der Waals surface area contributed by atoms with Crippen molar-refractivity contribution in [1.82, 2.24) is 9.97 Å². The molecular formula is C12H15FN2O5. The van der Waals surface area contributed by atoms with E-state index < -0.39 is 36.8 Å². The lowest BCUT2D eigenvalue weighted by molar-refractivity contribution is -0.117. The minimum absolute atomic E-state index is 0.0812. The van der Waals surface area contributed by atoms with Gasteiger partial charge >= 0.3 is 0 Å². The van der Waals surface area contributed by atoms with Gasteiger partial charge in [0.05, 0.1) is 17.6 Å². The van der Waals surface area contributed by atoms with Crippen molar-refractivity contribution in [3.63, 3.8) is 0 Å². The molecule has 0 aliphatic carbocycles. The van der Waals surface area contributed by atoms with Crippen LogP contribution in [-0.4, -0.2) is 60.4 Å². The molecular weight excluding hydrogens is 271 g/mol. The standard InChI is InChI=1S/C12H15FN2O5/c13-5-1-2-6-7(3-5)15-12(14-6)11(20)10(19)9(18)8(17)4-16/h1-3,8-11,16-20H,4H2,(H,14,15)/t8-,9+,10+,11-/m1/s1. The van der Waals surface area contributed by atoms with Gasteiger partial charge in [-0.25, -0.2) is 9.37 Å². The number of nitrogens with one attached hydrogen (secondary N) is 1. The van der Waals surface area contributed by atoms with Crippen molar-refractivity contribution in [1.29, 1.82) is 0 Å². The van der Waals surface area contributed by atoms with Gasteiger partial charge in [0.2, 0.25) is 0 Å². The highest BCUT2D eigenvalue weighted by molar-refractivity contribution is 5.75. The van der Waals surface area contributed by atoms with E-state index in [-0.39, 0.29) is 11.3 Å². The first-order valence-electron chi connectivity index (χ1n) is 5.92. The van der Waals surface area contributed by atoms with Crippen LogP contribution in [0, 0.1) is 5.82 Å². The smallest absolute Gasteiger partial charge is 0.140 e. The van der Waals surface area contributed by atoms with Crippen molar-refractivity contribution in [3.05, 3.63) is 29.8 Å². The molecule has 0 saturated carbocycles. The number of rotatable bonds is 5. The van der Waals surface area contributed by atoms with E-state index in [2.05, 4.69) is 9.97 Å². The van der Waals surface area contributed by atoms with Gasteiger partial charge in [0.25, 0.3) is 0 Å². The average molecular weight is 286 g/mol. The number of aliphatic hydroxyl groups is 5. The Morgan fingerprint density at radius 3 is 2.50 bits per heavy atom. The average Bonchev–Trinajstić information content (AvgIpc) is 2.86. The van der Waals surface area contributed by atoms with Crippen molar-refractivity contribution in [3.8, 4) is 0 Å². The summed E-state index contributed by atoms with van der Waals surface area (Å²) in [5.41, 5.74) is 0.702. The van der Waals surface area contributed by atoms with Gasteiger partial charge < -0.3 is 30.5 Å². The number of hydrogen-bond donors (Lipinski definition) is 6. The molecule has 110 valence electrons. The fourth-order valence-corrected chi connectivity index (χ4v) is 1.82. The van der Waals surface area contributed by atoms with Crippen LogP contribution in [0.5, 0.6) is 0 Å². The first-order chi connectivity index (χ1) is 9.43. The molecule has 0 aliphatic rings. The number of nitrogens with zero attached hydrogens (tertiary/aromatic N) is 1. The van der Waals surface area contributed by atoms with Gasteiger partial charge in [-0.2, -0.15) is 0 Å². The first kappa shape index (κ1) is 14.8. The van der Waals surface area contributed by atoms with Crippen molar-refractivity contribution >= 4 is 11.0 Å². The van der Waals surface area contributed by atoms with Gasteiger partial charge in [0.15, 0.2) is 0 Å². The number of fused-ring (bicyclic) bond motifs is 1. The molecule has 1 aromatic heterocycles. The molecule has 0 unspecified atom stereocenters. The summed E-state index contributed by atoms with van der Waals surface area (Å²) in [6.07, 6.45) is -6.73. The number of hydrogen-bond acceptors (Lipinski definition) is 6. The minimum Gasteiger partial charge on any atom is -0.394 e. The Kier molecular flexibility index (Phi) is 4.31. The minimum atomic E-state index is -1.76. The third kappa shape index (κ3) is 2.79. The molecule has 2 aromatic rings. The summed E-state index contributed by atoms with van der Waals surface area (Å²) in [6.45, 7) is -0.768. The van der Waals surface area contributed by atoms with Crippen LogP contribution >= 0.6 is 0 Å².